The Hall–Kier alpha value is -3.96. The van der Waals surface area contributed by atoms with Gasteiger partial charge in [0.05, 0.1) is 0 Å². The number of thioether (sulfide) groups is 2. The molecule has 4 N–H and O–H groups in total. The highest BCUT2D eigenvalue weighted by atomic mass is 32.2. The molecular weight excluding hydrogens is 556 g/mol. The number of aliphatic carboxylic acids is 1. The van der Waals surface area contributed by atoms with Gasteiger partial charge in [0.15, 0.2) is 10.8 Å². The van der Waals surface area contributed by atoms with Gasteiger partial charge in [-0.15, -0.1) is 33.3 Å². The van der Waals surface area contributed by atoms with Crippen LogP contribution in [0.15, 0.2) is 56.0 Å². The van der Waals surface area contributed by atoms with E-state index in [1.807, 2.05) is 0 Å². The summed E-state index contributed by atoms with van der Waals surface area (Å²) in [4.78, 5) is 51.9. The highest BCUT2D eigenvalue weighted by molar-refractivity contribution is 8.01. The summed E-state index contributed by atoms with van der Waals surface area (Å²) in [6, 6.07) is 2.51. The Morgan fingerprint density at radius 1 is 1.37 bits per heavy atom. The minimum absolute atomic E-state index is 0.122. The summed E-state index contributed by atoms with van der Waals surface area (Å²) in [5.41, 5.74) is 6.80. The summed E-state index contributed by atoms with van der Waals surface area (Å²) < 4.78 is 5.66. The molecule has 5 rings (SSSR count). The number of carboxylic acid groups (broad SMARTS) is 1. The van der Waals surface area contributed by atoms with Gasteiger partial charge < -0.3 is 25.4 Å². The number of nitrogens with one attached hydrogen (secondary N) is 1. The van der Waals surface area contributed by atoms with E-state index in [0.29, 0.717) is 22.8 Å². The van der Waals surface area contributed by atoms with Gasteiger partial charge >= 0.3 is 5.97 Å². The molecule has 0 radical (unpaired) electrons. The molecule has 1 saturated heterocycles. The van der Waals surface area contributed by atoms with E-state index >= 15 is 0 Å². The maximum Gasteiger partial charge on any atom is 0.352 e. The molecule has 0 spiro atoms. The first-order valence-corrected chi connectivity index (χ1v) is 13.7. The number of carbonyl (C=O) groups excluding carboxylic acids is 2. The second kappa shape index (κ2) is 10.8. The van der Waals surface area contributed by atoms with E-state index in [4.69, 9.17) is 15.0 Å². The zero-order chi connectivity index (χ0) is 26.8. The number of oxime groups is 1. The van der Waals surface area contributed by atoms with Crippen molar-refractivity contribution in [2.24, 2.45) is 5.16 Å². The van der Waals surface area contributed by atoms with Crippen molar-refractivity contribution in [3.05, 3.63) is 46.9 Å². The lowest BCUT2D eigenvalue weighted by molar-refractivity contribution is -0.150. The van der Waals surface area contributed by atoms with Crippen LogP contribution in [0.5, 0.6) is 0 Å². The minimum Gasteiger partial charge on any atom is -0.477 e. The number of anilines is 1. The van der Waals surface area contributed by atoms with Crippen LogP contribution >= 0.6 is 34.9 Å². The predicted molar refractivity (Wildman–Crippen MR) is 138 cm³/mol. The fourth-order valence-electron chi connectivity index (χ4n) is 3.72. The highest BCUT2D eigenvalue weighted by Gasteiger charge is 2.54. The van der Waals surface area contributed by atoms with E-state index in [1.54, 1.807) is 24.5 Å². The van der Waals surface area contributed by atoms with Gasteiger partial charge in [0.1, 0.15) is 29.9 Å². The Morgan fingerprint density at radius 3 is 2.84 bits per heavy atom. The molecule has 38 heavy (non-hydrogen) atoms. The number of aromatic nitrogens is 4. The van der Waals surface area contributed by atoms with Crippen LogP contribution in [0.1, 0.15) is 5.69 Å². The second-order valence-corrected chi connectivity index (χ2v) is 10.6. The molecule has 1 unspecified atom stereocenters. The summed E-state index contributed by atoms with van der Waals surface area (Å²) in [6.45, 7) is 0. The number of nitrogens with two attached hydrogens (primary N) is 1. The van der Waals surface area contributed by atoms with Gasteiger partial charge in [0.25, 0.3) is 17.0 Å². The van der Waals surface area contributed by atoms with Gasteiger partial charge in [-0.2, -0.15) is 0 Å². The third-order valence-electron chi connectivity index (χ3n) is 5.40. The van der Waals surface area contributed by atoms with Gasteiger partial charge in [-0.3, -0.25) is 19.5 Å². The van der Waals surface area contributed by atoms with E-state index in [2.05, 4.69) is 30.6 Å². The lowest BCUT2D eigenvalue weighted by Gasteiger charge is -2.49. The summed E-state index contributed by atoms with van der Waals surface area (Å²) >= 11 is 3.62. The molecule has 0 aromatic carbocycles. The molecule has 0 saturated carbocycles. The van der Waals surface area contributed by atoms with Crippen molar-refractivity contribution < 1.29 is 28.7 Å². The molecule has 196 valence electrons. The Labute approximate surface area is 226 Å². The zero-order valence-corrected chi connectivity index (χ0v) is 21.9. The third-order valence-corrected chi connectivity index (χ3v) is 8.32. The van der Waals surface area contributed by atoms with Crippen molar-refractivity contribution in [3.8, 4) is 11.5 Å². The number of carbonyl (C=O) groups is 3. The number of β-lactam (4-membered cyclic amide) rings is 1. The van der Waals surface area contributed by atoms with Crippen LogP contribution in [0, 0.1) is 0 Å². The highest BCUT2D eigenvalue weighted by Crippen LogP contribution is 2.41. The van der Waals surface area contributed by atoms with Crippen LogP contribution in [0.25, 0.3) is 11.5 Å². The first-order chi connectivity index (χ1) is 18.4. The van der Waals surface area contributed by atoms with E-state index < -0.39 is 29.2 Å². The summed E-state index contributed by atoms with van der Waals surface area (Å²) in [5, 5.41) is 25.7. The molecule has 3 aromatic rings. The molecule has 0 bridgehead atoms. The largest absolute Gasteiger partial charge is 0.477 e. The fourth-order valence-corrected chi connectivity index (χ4v) is 6.52. The smallest absolute Gasteiger partial charge is 0.352 e. The molecule has 1 fully saturated rings. The number of hydrogen-bond acceptors (Lipinski definition) is 14. The van der Waals surface area contributed by atoms with E-state index in [0.717, 1.165) is 11.3 Å². The molecule has 2 atom stereocenters. The average Bonchev–Trinajstić information content (AvgIpc) is 3.58. The van der Waals surface area contributed by atoms with Crippen LogP contribution in [0.3, 0.4) is 0 Å². The molecular formula is C21H18N8O6S3. The standard InChI is InChI=1S/C21H18N8O6S3/c1-34-28-12(11-8-37-20(22)24-11)15(30)25-13-17(31)29-14(19(32)33)10(6-36-18(13)29)7-38-21-27-26-16(35-21)9-2-4-23-5-3-9/h2-5,8,13,18H,6-7H2,1H3,(H2,22,24)(H,25,30)(H,32,33)/t13?,18-/m0/s1. The van der Waals surface area contributed by atoms with E-state index in [-0.39, 0.29) is 33.2 Å². The van der Waals surface area contributed by atoms with Crippen molar-refractivity contribution in [2.45, 2.75) is 16.6 Å². The van der Waals surface area contributed by atoms with Crippen LogP contribution < -0.4 is 11.1 Å². The monoisotopic (exact) mass is 574 g/mol. The SMILES string of the molecule is CON=C(C(=O)NC1C(=O)N2C(C(=O)O)=C(CSc3nnc(-c4ccncc4)o3)CS[C@@H]12)c1csc(N)n1. The number of nitrogens with zero attached hydrogens (tertiary/aromatic N) is 6. The normalized spacial score (nSPS) is 19.1. The quantitative estimate of drug-likeness (QED) is 0.142. The molecule has 17 heteroatoms. The van der Waals surface area contributed by atoms with Gasteiger partial charge in [-0.25, -0.2) is 9.78 Å². The van der Waals surface area contributed by atoms with E-state index in [9.17, 15) is 19.5 Å². The number of fused-ring (bicyclic) bond motifs is 1. The maximum absolute atomic E-state index is 13.0. The number of nitrogen functional groups attached to an aromatic ring is 1. The number of hydrogen-bond donors (Lipinski definition) is 3. The fraction of sp³-hybridized carbons (Fsp3) is 0.238. The second-order valence-electron chi connectivity index (χ2n) is 7.71. The van der Waals surface area contributed by atoms with Crippen molar-refractivity contribution >= 4 is 63.5 Å². The molecule has 14 nitrogen and oxygen atoms in total. The molecule has 2 aliphatic rings. The van der Waals surface area contributed by atoms with Crippen LogP contribution in [0.2, 0.25) is 0 Å². The van der Waals surface area contributed by atoms with Crippen LogP contribution in [-0.4, -0.2) is 83.7 Å². The molecule has 3 aromatic heterocycles. The first-order valence-electron chi connectivity index (χ1n) is 10.8. The van der Waals surface area contributed by atoms with Crippen LogP contribution in [0.4, 0.5) is 5.13 Å². The number of thiazole rings is 1. The topological polar surface area (TPSA) is 199 Å². The van der Waals surface area contributed by atoms with Gasteiger partial charge in [0, 0.05) is 34.8 Å². The summed E-state index contributed by atoms with van der Waals surface area (Å²) in [5.74, 6) is -1.64. The molecule has 2 amide bonds. The first kappa shape index (κ1) is 25.7. The van der Waals surface area contributed by atoms with Crippen molar-refractivity contribution in [1.29, 1.82) is 0 Å². The van der Waals surface area contributed by atoms with Gasteiger partial charge in [-0.1, -0.05) is 16.9 Å². The van der Waals surface area contributed by atoms with Gasteiger partial charge in [0.2, 0.25) is 5.89 Å². The molecule has 2 aliphatic heterocycles. The van der Waals surface area contributed by atoms with Crippen LogP contribution in [-0.2, 0) is 19.2 Å². The predicted octanol–water partition coefficient (Wildman–Crippen LogP) is 1.05. The summed E-state index contributed by atoms with van der Waals surface area (Å²) in [7, 11) is 1.27. The van der Waals surface area contributed by atoms with Crippen molar-refractivity contribution in [3.63, 3.8) is 0 Å². The number of rotatable bonds is 9. The number of pyridine rings is 1. The Kier molecular flexibility index (Phi) is 7.30. The van der Waals surface area contributed by atoms with Gasteiger partial charge in [-0.05, 0) is 17.7 Å². The lowest BCUT2D eigenvalue weighted by atomic mass is 10.0. The Bertz CT molecular complexity index is 1460. The number of amides is 2. The number of carboxylic acids is 1. The zero-order valence-electron chi connectivity index (χ0n) is 19.4. The summed E-state index contributed by atoms with van der Waals surface area (Å²) in [6.07, 6.45) is 3.21. The van der Waals surface area contributed by atoms with Crippen molar-refractivity contribution in [1.82, 2.24) is 30.4 Å². The molecule has 5 heterocycles. The molecule has 0 aliphatic carbocycles. The minimum atomic E-state index is -1.24. The third kappa shape index (κ3) is 4.94. The van der Waals surface area contributed by atoms with Crippen molar-refractivity contribution in [2.75, 3.05) is 24.3 Å². The van der Waals surface area contributed by atoms with E-state index in [1.165, 1.54) is 40.9 Å². The Balaban J connectivity index is 1.28. The maximum atomic E-state index is 13.0. The Morgan fingerprint density at radius 2 is 2.16 bits per heavy atom. The lowest BCUT2D eigenvalue weighted by Crippen LogP contribution is -2.71. The average molecular weight is 575 g/mol.